The van der Waals surface area contributed by atoms with E-state index in [-0.39, 0.29) is 0 Å². The molecule has 1 aliphatic heterocycles. The molecule has 1 heterocycles. The number of hydrogen-bond acceptors (Lipinski definition) is 4. The van der Waals surface area contributed by atoms with Crippen LogP contribution in [0.25, 0.3) is 0 Å². The molecule has 0 atom stereocenters. The lowest BCUT2D eigenvalue weighted by molar-refractivity contribution is -0.0575. The SMILES string of the molecule is CP(C)(=O)ON1CCN(c2cccc(Cl)c2)CC1. The number of hydroxylamine groups is 2. The molecule has 0 unspecified atom stereocenters. The minimum atomic E-state index is -2.45. The number of halogens is 1. The van der Waals surface area contributed by atoms with E-state index in [9.17, 15) is 4.57 Å². The van der Waals surface area contributed by atoms with E-state index < -0.39 is 7.37 Å². The second kappa shape index (κ2) is 5.62. The van der Waals surface area contributed by atoms with Crippen LogP contribution in [0.3, 0.4) is 0 Å². The average Bonchev–Trinajstić information content (AvgIpc) is 2.28. The van der Waals surface area contributed by atoms with Gasteiger partial charge < -0.3 is 4.90 Å². The van der Waals surface area contributed by atoms with Gasteiger partial charge in [0.25, 0.3) is 0 Å². The fourth-order valence-corrected chi connectivity index (χ4v) is 2.88. The Kier molecular flexibility index (Phi) is 4.33. The molecule has 4 nitrogen and oxygen atoms in total. The molecule has 1 aliphatic rings. The summed E-state index contributed by atoms with van der Waals surface area (Å²) >= 11 is 5.98. The Morgan fingerprint density at radius 3 is 2.44 bits per heavy atom. The van der Waals surface area contributed by atoms with Gasteiger partial charge >= 0.3 is 0 Å². The lowest BCUT2D eigenvalue weighted by atomic mass is 10.2. The van der Waals surface area contributed by atoms with E-state index in [4.69, 9.17) is 16.2 Å². The highest BCUT2D eigenvalue weighted by molar-refractivity contribution is 7.57. The average molecular weight is 289 g/mol. The Labute approximate surface area is 113 Å². The maximum Gasteiger partial charge on any atom is 0.215 e. The van der Waals surface area contributed by atoms with Crippen LogP contribution in [0.4, 0.5) is 5.69 Å². The van der Waals surface area contributed by atoms with Gasteiger partial charge in [0.1, 0.15) is 0 Å². The van der Waals surface area contributed by atoms with Gasteiger partial charge in [0, 0.05) is 50.2 Å². The van der Waals surface area contributed by atoms with Crippen LogP contribution in [-0.4, -0.2) is 44.6 Å². The molecule has 0 saturated carbocycles. The molecule has 6 heteroatoms. The molecule has 0 aromatic heterocycles. The van der Waals surface area contributed by atoms with Crippen molar-refractivity contribution in [2.75, 3.05) is 44.4 Å². The van der Waals surface area contributed by atoms with Gasteiger partial charge in [0.15, 0.2) is 0 Å². The monoisotopic (exact) mass is 288 g/mol. The van der Waals surface area contributed by atoms with Crippen LogP contribution in [0.15, 0.2) is 24.3 Å². The van der Waals surface area contributed by atoms with E-state index in [1.165, 1.54) is 0 Å². The third kappa shape index (κ3) is 3.99. The highest BCUT2D eigenvalue weighted by Gasteiger charge is 2.21. The van der Waals surface area contributed by atoms with E-state index in [0.717, 1.165) is 36.9 Å². The van der Waals surface area contributed by atoms with Gasteiger partial charge in [0.2, 0.25) is 7.37 Å². The van der Waals surface area contributed by atoms with Crippen LogP contribution in [0.1, 0.15) is 0 Å². The summed E-state index contributed by atoms with van der Waals surface area (Å²) in [5.74, 6) is 0. The molecule has 0 radical (unpaired) electrons. The predicted octanol–water partition coefficient (Wildman–Crippen LogP) is 2.93. The van der Waals surface area contributed by atoms with Crippen LogP contribution >= 0.6 is 19.0 Å². The first-order chi connectivity index (χ1) is 8.44. The van der Waals surface area contributed by atoms with Crippen LogP contribution in [0.2, 0.25) is 5.02 Å². The molecular weight excluding hydrogens is 271 g/mol. The Morgan fingerprint density at radius 2 is 1.89 bits per heavy atom. The predicted molar refractivity (Wildman–Crippen MR) is 75.8 cm³/mol. The van der Waals surface area contributed by atoms with Crippen molar-refractivity contribution in [1.29, 1.82) is 0 Å². The van der Waals surface area contributed by atoms with Gasteiger partial charge in [-0.3, -0.25) is 4.57 Å². The van der Waals surface area contributed by atoms with E-state index >= 15 is 0 Å². The van der Waals surface area contributed by atoms with Crippen LogP contribution in [0.5, 0.6) is 0 Å². The number of nitrogens with zero attached hydrogens (tertiary/aromatic N) is 2. The van der Waals surface area contributed by atoms with Crippen molar-refractivity contribution >= 4 is 24.7 Å². The van der Waals surface area contributed by atoms with Crippen molar-refractivity contribution in [3.05, 3.63) is 29.3 Å². The standard InChI is InChI=1S/C12H18ClN2O2P/c1-18(2,16)17-15-8-6-14(7-9-15)12-5-3-4-11(13)10-12/h3-5,10H,6-9H2,1-2H3. The van der Waals surface area contributed by atoms with Crippen LogP contribution in [0, 0.1) is 0 Å². The molecule has 0 amide bonds. The van der Waals surface area contributed by atoms with E-state index in [0.29, 0.717) is 0 Å². The number of rotatable bonds is 3. The molecule has 18 heavy (non-hydrogen) atoms. The Morgan fingerprint density at radius 1 is 1.22 bits per heavy atom. The topological polar surface area (TPSA) is 32.8 Å². The summed E-state index contributed by atoms with van der Waals surface area (Å²) in [5.41, 5.74) is 1.12. The first-order valence-corrected chi connectivity index (χ1v) is 8.84. The smallest absolute Gasteiger partial charge is 0.215 e. The zero-order valence-electron chi connectivity index (χ0n) is 10.7. The van der Waals surface area contributed by atoms with Crippen molar-refractivity contribution in [1.82, 2.24) is 5.06 Å². The molecule has 1 saturated heterocycles. The van der Waals surface area contributed by atoms with E-state index in [1.807, 2.05) is 24.3 Å². The third-order valence-corrected chi connectivity index (χ3v) is 3.58. The van der Waals surface area contributed by atoms with Gasteiger partial charge in [-0.2, -0.15) is 5.06 Å². The second-order valence-corrected chi connectivity index (χ2v) is 7.83. The van der Waals surface area contributed by atoms with Crippen molar-refractivity contribution < 1.29 is 9.19 Å². The van der Waals surface area contributed by atoms with E-state index in [2.05, 4.69) is 4.90 Å². The molecule has 2 rings (SSSR count). The summed E-state index contributed by atoms with van der Waals surface area (Å²) in [4.78, 5) is 2.25. The molecule has 0 bridgehead atoms. The van der Waals surface area contributed by atoms with Gasteiger partial charge in [-0.25, -0.2) is 4.62 Å². The lowest BCUT2D eigenvalue weighted by Gasteiger charge is -2.35. The fraction of sp³-hybridized carbons (Fsp3) is 0.500. The first-order valence-electron chi connectivity index (χ1n) is 5.94. The molecule has 0 N–H and O–H groups in total. The molecule has 0 aliphatic carbocycles. The minimum absolute atomic E-state index is 0.748. The summed E-state index contributed by atoms with van der Waals surface area (Å²) in [6.07, 6.45) is 0. The van der Waals surface area contributed by atoms with Gasteiger partial charge in [-0.1, -0.05) is 17.7 Å². The van der Waals surface area contributed by atoms with Gasteiger partial charge in [-0.05, 0) is 18.2 Å². The number of benzene rings is 1. The maximum absolute atomic E-state index is 11.6. The van der Waals surface area contributed by atoms with Gasteiger partial charge in [-0.15, -0.1) is 0 Å². The Bertz CT molecular complexity index is 455. The summed E-state index contributed by atoms with van der Waals surface area (Å²) in [6, 6.07) is 7.83. The number of anilines is 1. The molecule has 0 spiro atoms. The zero-order chi connectivity index (χ0) is 13.2. The number of hydrogen-bond donors (Lipinski definition) is 0. The fourth-order valence-electron chi connectivity index (χ4n) is 1.98. The highest BCUT2D eigenvalue weighted by atomic mass is 35.5. The zero-order valence-corrected chi connectivity index (χ0v) is 12.3. The Hall–Kier alpha value is -0.540. The van der Waals surface area contributed by atoms with Gasteiger partial charge in [0.05, 0.1) is 0 Å². The van der Waals surface area contributed by atoms with Crippen molar-refractivity contribution in [3.8, 4) is 0 Å². The molecule has 1 aromatic rings. The summed E-state index contributed by atoms with van der Waals surface area (Å²) in [6.45, 7) is 6.46. The molecule has 1 fully saturated rings. The quantitative estimate of drug-likeness (QED) is 0.801. The van der Waals surface area contributed by atoms with Crippen molar-refractivity contribution in [2.45, 2.75) is 0 Å². The van der Waals surface area contributed by atoms with Crippen LogP contribution in [-0.2, 0) is 9.19 Å². The summed E-state index contributed by atoms with van der Waals surface area (Å²) < 4.78 is 17.0. The first kappa shape index (κ1) is 13.9. The molecule has 100 valence electrons. The normalized spacial score (nSPS) is 18.1. The highest BCUT2D eigenvalue weighted by Crippen LogP contribution is 2.38. The summed E-state index contributed by atoms with van der Waals surface area (Å²) in [5, 5.41) is 2.54. The number of piperazine rings is 1. The minimum Gasteiger partial charge on any atom is -0.369 e. The maximum atomic E-state index is 11.6. The molecule has 1 aromatic carbocycles. The Balaban J connectivity index is 1.93. The second-order valence-electron chi connectivity index (χ2n) is 4.73. The summed E-state index contributed by atoms with van der Waals surface area (Å²) in [7, 11) is -2.45. The lowest BCUT2D eigenvalue weighted by Crippen LogP contribution is -2.45. The van der Waals surface area contributed by atoms with Crippen LogP contribution < -0.4 is 4.90 Å². The van der Waals surface area contributed by atoms with Crippen molar-refractivity contribution in [3.63, 3.8) is 0 Å². The molecular formula is C12H18ClN2O2P. The third-order valence-electron chi connectivity index (χ3n) is 2.72. The van der Waals surface area contributed by atoms with Crippen molar-refractivity contribution in [2.24, 2.45) is 0 Å². The largest absolute Gasteiger partial charge is 0.369 e. The van der Waals surface area contributed by atoms with E-state index in [1.54, 1.807) is 18.4 Å².